The van der Waals surface area contributed by atoms with Crippen LogP contribution in [0.3, 0.4) is 0 Å². The number of ether oxygens (including phenoxy) is 1. The number of hydrogen-bond donors (Lipinski definition) is 0. The smallest absolute Gasteiger partial charge is 0.179 e. The van der Waals surface area contributed by atoms with E-state index in [0.717, 1.165) is 66.5 Å². The Kier molecular flexibility index (Phi) is 6.32. The van der Waals surface area contributed by atoms with E-state index in [1.54, 1.807) is 7.11 Å². The van der Waals surface area contributed by atoms with Crippen LogP contribution in [-0.2, 0) is 6.54 Å². The van der Waals surface area contributed by atoms with Crippen molar-refractivity contribution in [2.75, 3.05) is 44.7 Å². The molecule has 174 valence electrons. The number of rotatable bonds is 7. The van der Waals surface area contributed by atoms with E-state index < -0.39 is 0 Å². The van der Waals surface area contributed by atoms with Crippen LogP contribution in [0.2, 0.25) is 0 Å². The van der Waals surface area contributed by atoms with Crippen molar-refractivity contribution in [2.45, 2.75) is 13.5 Å². The molecule has 5 rings (SSSR count). The number of pyridine rings is 1. The summed E-state index contributed by atoms with van der Waals surface area (Å²) in [6, 6.07) is 22.4. The number of hydrogen-bond acceptors (Lipinski definition) is 5. The molecule has 34 heavy (non-hydrogen) atoms. The highest BCUT2D eigenvalue weighted by molar-refractivity contribution is 6.10. The summed E-state index contributed by atoms with van der Waals surface area (Å²) >= 11 is 0. The van der Waals surface area contributed by atoms with Crippen LogP contribution < -0.4 is 9.64 Å². The van der Waals surface area contributed by atoms with Crippen molar-refractivity contribution in [3.05, 3.63) is 89.7 Å². The average molecular weight is 455 g/mol. The number of Topliss-reactive ketones (excluding diaryl/α,β-unsaturated/α-hetero) is 1. The van der Waals surface area contributed by atoms with Crippen LogP contribution in [0.15, 0.2) is 72.9 Å². The van der Waals surface area contributed by atoms with Crippen LogP contribution >= 0.6 is 0 Å². The molecule has 0 saturated carbocycles. The maximum Gasteiger partial charge on any atom is 0.179 e. The van der Waals surface area contributed by atoms with Gasteiger partial charge in [0.05, 0.1) is 13.7 Å². The molecule has 0 N–H and O–H groups in total. The van der Waals surface area contributed by atoms with Crippen molar-refractivity contribution in [3.8, 4) is 5.75 Å². The predicted octanol–water partition coefficient (Wildman–Crippen LogP) is 4.41. The number of anilines is 1. The fourth-order valence-electron chi connectivity index (χ4n) is 4.87. The molecule has 3 heterocycles. The zero-order chi connectivity index (χ0) is 23.5. The van der Waals surface area contributed by atoms with Crippen LogP contribution in [0.25, 0.3) is 10.9 Å². The summed E-state index contributed by atoms with van der Waals surface area (Å²) in [6.45, 7) is 6.62. The van der Waals surface area contributed by atoms with E-state index in [2.05, 4.69) is 56.6 Å². The number of benzene rings is 2. The Balaban J connectivity index is 1.39. The fourth-order valence-corrected chi connectivity index (χ4v) is 4.87. The summed E-state index contributed by atoms with van der Waals surface area (Å²) in [5.41, 5.74) is 4.08. The molecule has 1 saturated heterocycles. The maximum atomic E-state index is 13.6. The molecule has 4 aromatic rings. The minimum Gasteiger partial charge on any atom is -0.497 e. The topological polar surface area (TPSA) is 50.6 Å². The number of nitrogens with zero attached hydrogens (tertiary/aromatic N) is 4. The first-order valence-corrected chi connectivity index (χ1v) is 11.8. The average Bonchev–Trinajstić information content (AvgIpc) is 3.16. The number of aromatic nitrogens is 2. The molecule has 1 fully saturated rings. The van der Waals surface area contributed by atoms with E-state index in [1.165, 1.54) is 5.56 Å². The summed E-state index contributed by atoms with van der Waals surface area (Å²) in [7, 11) is 1.66. The van der Waals surface area contributed by atoms with Gasteiger partial charge in [-0.3, -0.25) is 9.69 Å². The lowest BCUT2D eigenvalue weighted by molar-refractivity contribution is 0.0927. The third-order valence-electron chi connectivity index (χ3n) is 6.71. The molecule has 0 amide bonds. The Morgan fingerprint density at radius 3 is 2.44 bits per heavy atom. The van der Waals surface area contributed by atoms with Crippen molar-refractivity contribution in [1.82, 2.24) is 14.5 Å². The predicted molar refractivity (Wildman–Crippen MR) is 136 cm³/mol. The quantitative estimate of drug-likeness (QED) is 0.387. The zero-order valence-electron chi connectivity index (χ0n) is 19.8. The largest absolute Gasteiger partial charge is 0.497 e. The molecule has 0 radical (unpaired) electrons. The maximum absolute atomic E-state index is 13.6. The first kappa shape index (κ1) is 22.2. The standard InChI is InChI=1S/C28H30N4O2/c1-21-28(26(33)20-30-14-16-31(17-15-30)27-10-6-7-13-29-27)24-18-23(34-2)11-12-25(24)32(21)19-22-8-4-3-5-9-22/h3-13,18H,14-17,19-20H2,1-2H3. The van der Waals surface area contributed by atoms with Gasteiger partial charge in [-0.1, -0.05) is 36.4 Å². The van der Waals surface area contributed by atoms with E-state index in [0.29, 0.717) is 6.54 Å². The van der Waals surface area contributed by atoms with Gasteiger partial charge < -0.3 is 14.2 Å². The lowest BCUT2D eigenvalue weighted by atomic mass is 10.1. The van der Waals surface area contributed by atoms with E-state index >= 15 is 0 Å². The van der Waals surface area contributed by atoms with Crippen LogP contribution in [0.4, 0.5) is 5.82 Å². The summed E-state index contributed by atoms with van der Waals surface area (Å²) in [4.78, 5) is 22.6. The molecule has 0 bridgehead atoms. The van der Waals surface area contributed by atoms with Gasteiger partial charge in [-0.15, -0.1) is 0 Å². The monoisotopic (exact) mass is 454 g/mol. The second kappa shape index (κ2) is 9.69. The van der Waals surface area contributed by atoms with Gasteiger partial charge in [0.15, 0.2) is 5.78 Å². The molecule has 6 nitrogen and oxygen atoms in total. The second-order valence-corrected chi connectivity index (χ2v) is 8.79. The van der Waals surface area contributed by atoms with Gasteiger partial charge in [0.25, 0.3) is 0 Å². The van der Waals surface area contributed by atoms with Gasteiger partial charge in [-0.05, 0) is 42.8 Å². The Morgan fingerprint density at radius 2 is 1.74 bits per heavy atom. The van der Waals surface area contributed by atoms with Crippen LogP contribution in [0, 0.1) is 6.92 Å². The highest BCUT2D eigenvalue weighted by Gasteiger charge is 2.25. The Hall–Kier alpha value is -3.64. The molecule has 1 aliphatic rings. The third-order valence-corrected chi connectivity index (χ3v) is 6.71. The van der Waals surface area contributed by atoms with Gasteiger partial charge in [-0.2, -0.15) is 0 Å². The molecular formula is C28H30N4O2. The normalized spacial score (nSPS) is 14.5. The zero-order valence-corrected chi connectivity index (χ0v) is 19.8. The van der Waals surface area contributed by atoms with Gasteiger partial charge in [0, 0.05) is 61.1 Å². The molecular weight excluding hydrogens is 424 g/mol. The molecule has 0 atom stereocenters. The minimum atomic E-state index is 0.161. The van der Waals surface area contributed by atoms with Crippen LogP contribution in [-0.4, -0.2) is 60.1 Å². The van der Waals surface area contributed by atoms with E-state index in [9.17, 15) is 4.79 Å². The highest BCUT2D eigenvalue weighted by atomic mass is 16.5. The lowest BCUT2D eigenvalue weighted by Crippen LogP contribution is -2.48. The van der Waals surface area contributed by atoms with Crippen molar-refractivity contribution >= 4 is 22.5 Å². The third kappa shape index (κ3) is 4.41. The first-order chi connectivity index (χ1) is 16.6. The highest BCUT2D eigenvalue weighted by Crippen LogP contribution is 2.31. The summed E-state index contributed by atoms with van der Waals surface area (Å²) < 4.78 is 7.73. The van der Waals surface area contributed by atoms with E-state index in [4.69, 9.17) is 4.74 Å². The number of fused-ring (bicyclic) bond motifs is 1. The van der Waals surface area contributed by atoms with E-state index in [-0.39, 0.29) is 5.78 Å². The number of carbonyl (C=O) groups is 1. The van der Waals surface area contributed by atoms with Gasteiger partial charge in [0.2, 0.25) is 0 Å². The molecule has 2 aromatic carbocycles. The SMILES string of the molecule is COc1ccc2c(c1)c(C(=O)CN1CCN(c3ccccn3)CC1)c(C)n2Cc1ccccc1. The molecule has 0 spiro atoms. The molecule has 6 heteroatoms. The molecule has 0 unspecified atom stereocenters. The Morgan fingerprint density at radius 1 is 0.971 bits per heavy atom. The van der Waals surface area contributed by atoms with Crippen molar-refractivity contribution in [2.24, 2.45) is 0 Å². The van der Waals surface area contributed by atoms with Crippen molar-refractivity contribution < 1.29 is 9.53 Å². The number of methoxy groups -OCH3 is 1. The lowest BCUT2D eigenvalue weighted by Gasteiger charge is -2.35. The van der Waals surface area contributed by atoms with Gasteiger partial charge >= 0.3 is 0 Å². The van der Waals surface area contributed by atoms with Crippen molar-refractivity contribution in [1.29, 1.82) is 0 Å². The summed E-state index contributed by atoms with van der Waals surface area (Å²) in [6.07, 6.45) is 1.83. The fraction of sp³-hybridized carbons (Fsp3) is 0.286. The van der Waals surface area contributed by atoms with Crippen molar-refractivity contribution in [3.63, 3.8) is 0 Å². The summed E-state index contributed by atoms with van der Waals surface area (Å²) in [5.74, 6) is 1.93. The van der Waals surface area contributed by atoms with Gasteiger partial charge in [-0.25, -0.2) is 4.98 Å². The first-order valence-electron chi connectivity index (χ1n) is 11.8. The molecule has 1 aliphatic heterocycles. The second-order valence-electron chi connectivity index (χ2n) is 8.79. The molecule has 0 aliphatic carbocycles. The molecule has 2 aromatic heterocycles. The number of ketones is 1. The number of carbonyl (C=O) groups excluding carboxylic acids is 1. The number of piperazine rings is 1. The van der Waals surface area contributed by atoms with Crippen LogP contribution in [0.1, 0.15) is 21.6 Å². The Labute approximate surface area is 200 Å². The van der Waals surface area contributed by atoms with Crippen LogP contribution in [0.5, 0.6) is 5.75 Å². The summed E-state index contributed by atoms with van der Waals surface area (Å²) in [5, 5.41) is 0.963. The van der Waals surface area contributed by atoms with Gasteiger partial charge in [0.1, 0.15) is 11.6 Å². The minimum absolute atomic E-state index is 0.161. The van der Waals surface area contributed by atoms with E-state index in [1.807, 2.05) is 42.6 Å². The Bertz CT molecular complexity index is 1280.